The molecule has 1 atom stereocenters. The summed E-state index contributed by atoms with van der Waals surface area (Å²) in [5.41, 5.74) is 8.29. The van der Waals surface area contributed by atoms with Crippen LogP contribution in [0.4, 0.5) is 21.5 Å². The summed E-state index contributed by atoms with van der Waals surface area (Å²) in [5.74, 6) is -1.37. The van der Waals surface area contributed by atoms with E-state index in [1.54, 1.807) is 32.9 Å². The fraction of sp³-hybridized carbons (Fsp3) is 0.462. The number of amides is 1. The normalized spacial score (nSPS) is 16.4. The molecule has 33 heavy (non-hydrogen) atoms. The van der Waals surface area contributed by atoms with Crippen LogP contribution in [0.3, 0.4) is 0 Å². The molecule has 1 fully saturated rings. The second kappa shape index (κ2) is 10.2. The van der Waals surface area contributed by atoms with Gasteiger partial charge in [-0.2, -0.15) is 0 Å². The molecule has 2 aromatic rings. The van der Waals surface area contributed by atoms with Gasteiger partial charge in [0, 0.05) is 23.8 Å². The summed E-state index contributed by atoms with van der Waals surface area (Å²) in [6, 6.07) is 9.69. The number of nitrogens with zero attached hydrogens (tertiary/aromatic N) is 1. The van der Waals surface area contributed by atoms with Gasteiger partial charge in [0.25, 0.3) is 5.91 Å². The van der Waals surface area contributed by atoms with Gasteiger partial charge < -0.3 is 20.7 Å². The molecular formula is C26H34FN3O3. The Balaban J connectivity index is 1.77. The molecule has 0 unspecified atom stereocenters. The van der Waals surface area contributed by atoms with Crippen molar-refractivity contribution in [2.24, 2.45) is 0 Å². The van der Waals surface area contributed by atoms with Crippen LogP contribution < -0.4 is 16.0 Å². The van der Waals surface area contributed by atoms with Crippen molar-refractivity contribution in [1.29, 1.82) is 0 Å². The van der Waals surface area contributed by atoms with E-state index in [4.69, 9.17) is 10.5 Å². The highest BCUT2D eigenvalue weighted by Gasteiger charge is 2.23. The molecule has 1 aliphatic heterocycles. The summed E-state index contributed by atoms with van der Waals surface area (Å²) in [6.45, 7) is 8.43. The molecule has 3 rings (SSSR count). The van der Waals surface area contributed by atoms with E-state index in [0.29, 0.717) is 28.5 Å². The van der Waals surface area contributed by atoms with Gasteiger partial charge in [0.2, 0.25) is 0 Å². The minimum absolute atomic E-state index is 0.154. The van der Waals surface area contributed by atoms with Crippen LogP contribution in [0.2, 0.25) is 0 Å². The number of benzene rings is 2. The van der Waals surface area contributed by atoms with Gasteiger partial charge in [0.1, 0.15) is 11.4 Å². The quantitative estimate of drug-likeness (QED) is 0.455. The molecule has 178 valence electrons. The second-order valence-electron chi connectivity index (χ2n) is 9.54. The number of halogens is 1. The van der Waals surface area contributed by atoms with E-state index >= 15 is 0 Å². The van der Waals surface area contributed by atoms with Gasteiger partial charge in [0.05, 0.1) is 17.8 Å². The third kappa shape index (κ3) is 6.46. The molecule has 7 heteroatoms. The van der Waals surface area contributed by atoms with E-state index in [0.717, 1.165) is 31.5 Å². The lowest BCUT2D eigenvalue weighted by Crippen LogP contribution is -2.39. The Morgan fingerprint density at radius 2 is 1.94 bits per heavy atom. The van der Waals surface area contributed by atoms with Crippen molar-refractivity contribution in [1.82, 2.24) is 0 Å². The molecule has 0 aliphatic carbocycles. The summed E-state index contributed by atoms with van der Waals surface area (Å²) in [4.78, 5) is 27.5. The van der Waals surface area contributed by atoms with E-state index in [1.807, 2.05) is 6.07 Å². The number of hydrogen-bond acceptors (Lipinski definition) is 5. The minimum Gasteiger partial charge on any atom is -0.460 e. The summed E-state index contributed by atoms with van der Waals surface area (Å²) in [5, 5.41) is 2.79. The highest BCUT2D eigenvalue weighted by atomic mass is 19.1. The fourth-order valence-electron chi connectivity index (χ4n) is 4.26. The number of esters is 1. The molecule has 0 saturated carbocycles. The number of piperidine rings is 1. The molecule has 0 spiro atoms. The van der Waals surface area contributed by atoms with Crippen molar-refractivity contribution in [3.8, 4) is 0 Å². The standard InChI is InChI=1S/C26H34FN3O3/c1-5-20-8-6-7-13-30(20)23-12-9-17(15-21(23)28)25(32)29-22-11-10-19(27)14-18(22)16-24(31)33-26(2,3)4/h9-12,14-15,20H,5-8,13,16,28H2,1-4H3,(H,29,32)/t20-/m0/s1. The third-order valence-electron chi connectivity index (χ3n) is 5.77. The van der Waals surface area contributed by atoms with Crippen molar-refractivity contribution in [3.05, 3.63) is 53.3 Å². The lowest BCUT2D eigenvalue weighted by molar-refractivity contribution is -0.153. The number of carbonyl (C=O) groups excluding carboxylic acids is 2. The minimum atomic E-state index is -0.655. The number of nitrogens with one attached hydrogen (secondary N) is 1. The van der Waals surface area contributed by atoms with Gasteiger partial charge in [-0.15, -0.1) is 0 Å². The Morgan fingerprint density at radius 3 is 2.61 bits per heavy atom. The molecule has 2 aromatic carbocycles. The number of carbonyl (C=O) groups is 2. The summed E-state index contributed by atoms with van der Waals surface area (Å²) >= 11 is 0. The molecule has 0 aromatic heterocycles. The highest BCUT2D eigenvalue weighted by Crippen LogP contribution is 2.32. The lowest BCUT2D eigenvalue weighted by atomic mass is 9.98. The smallest absolute Gasteiger partial charge is 0.310 e. The molecule has 3 N–H and O–H groups in total. The van der Waals surface area contributed by atoms with E-state index in [9.17, 15) is 14.0 Å². The molecule has 0 radical (unpaired) electrons. The maximum absolute atomic E-state index is 13.8. The SMILES string of the molecule is CC[C@H]1CCCCN1c1ccc(C(=O)Nc2ccc(F)cc2CC(=O)OC(C)(C)C)cc1N. The van der Waals surface area contributed by atoms with E-state index in [2.05, 4.69) is 17.1 Å². The van der Waals surface area contributed by atoms with Crippen molar-refractivity contribution in [3.63, 3.8) is 0 Å². The maximum Gasteiger partial charge on any atom is 0.310 e. The molecule has 1 aliphatic rings. The highest BCUT2D eigenvalue weighted by molar-refractivity contribution is 6.06. The molecule has 0 bridgehead atoms. The monoisotopic (exact) mass is 455 g/mol. The van der Waals surface area contributed by atoms with Gasteiger partial charge in [-0.1, -0.05) is 6.92 Å². The Morgan fingerprint density at radius 1 is 1.18 bits per heavy atom. The van der Waals surface area contributed by atoms with Crippen molar-refractivity contribution < 1.29 is 18.7 Å². The zero-order valence-corrected chi connectivity index (χ0v) is 19.9. The van der Waals surface area contributed by atoms with E-state index in [-0.39, 0.29) is 12.3 Å². The average molecular weight is 456 g/mol. The summed E-state index contributed by atoms with van der Waals surface area (Å²) in [6.07, 6.45) is 4.39. The molecule has 6 nitrogen and oxygen atoms in total. The van der Waals surface area contributed by atoms with Crippen LogP contribution in [0, 0.1) is 5.82 Å². The maximum atomic E-state index is 13.8. The number of nitrogen functional groups attached to an aromatic ring is 1. The van der Waals surface area contributed by atoms with Crippen LogP contribution in [-0.4, -0.2) is 30.1 Å². The van der Waals surface area contributed by atoms with Crippen LogP contribution in [-0.2, 0) is 16.0 Å². The van der Waals surface area contributed by atoms with Crippen molar-refractivity contribution in [2.75, 3.05) is 22.5 Å². The average Bonchev–Trinajstić information content (AvgIpc) is 2.74. The number of rotatable bonds is 6. The zero-order valence-electron chi connectivity index (χ0n) is 19.9. The molecule has 1 heterocycles. The fourth-order valence-corrected chi connectivity index (χ4v) is 4.26. The van der Waals surface area contributed by atoms with Crippen LogP contribution in [0.5, 0.6) is 0 Å². The Hall–Kier alpha value is -3.09. The largest absolute Gasteiger partial charge is 0.460 e. The number of ether oxygens (including phenoxy) is 1. The second-order valence-corrected chi connectivity index (χ2v) is 9.54. The van der Waals surface area contributed by atoms with E-state index < -0.39 is 17.4 Å². The first-order valence-electron chi connectivity index (χ1n) is 11.5. The topological polar surface area (TPSA) is 84.7 Å². The predicted octanol–water partition coefficient (Wildman–Crippen LogP) is 5.31. The number of hydrogen-bond donors (Lipinski definition) is 2. The lowest BCUT2D eigenvalue weighted by Gasteiger charge is -2.37. The summed E-state index contributed by atoms with van der Waals surface area (Å²) in [7, 11) is 0. The summed E-state index contributed by atoms with van der Waals surface area (Å²) < 4.78 is 19.2. The van der Waals surface area contributed by atoms with Crippen LogP contribution in [0.1, 0.15) is 69.3 Å². The predicted molar refractivity (Wildman–Crippen MR) is 130 cm³/mol. The van der Waals surface area contributed by atoms with Crippen LogP contribution in [0.15, 0.2) is 36.4 Å². The Bertz CT molecular complexity index is 1020. The van der Waals surface area contributed by atoms with Gasteiger partial charge in [-0.25, -0.2) is 4.39 Å². The Labute approximate surface area is 195 Å². The van der Waals surface area contributed by atoms with Gasteiger partial charge in [0.15, 0.2) is 0 Å². The molecular weight excluding hydrogens is 421 g/mol. The van der Waals surface area contributed by atoms with Crippen LogP contribution >= 0.6 is 0 Å². The van der Waals surface area contributed by atoms with Crippen molar-refractivity contribution in [2.45, 2.75) is 71.4 Å². The number of nitrogens with two attached hydrogens (primary N) is 1. The van der Waals surface area contributed by atoms with Gasteiger partial charge in [-0.05, 0) is 88.4 Å². The number of anilines is 3. The first-order valence-corrected chi connectivity index (χ1v) is 11.5. The Kier molecular flexibility index (Phi) is 7.61. The first-order chi connectivity index (χ1) is 15.6. The van der Waals surface area contributed by atoms with Gasteiger partial charge >= 0.3 is 5.97 Å². The first kappa shape index (κ1) is 24.6. The zero-order chi connectivity index (χ0) is 24.2. The van der Waals surface area contributed by atoms with Gasteiger partial charge in [-0.3, -0.25) is 9.59 Å². The van der Waals surface area contributed by atoms with E-state index in [1.165, 1.54) is 24.6 Å². The van der Waals surface area contributed by atoms with Crippen molar-refractivity contribution >= 4 is 28.9 Å². The molecule has 1 amide bonds. The third-order valence-corrected chi connectivity index (χ3v) is 5.77. The molecule has 1 saturated heterocycles. The van der Waals surface area contributed by atoms with Crippen LogP contribution in [0.25, 0.3) is 0 Å².